The Morgan fingerprint density at radius 2 is 2.04 bits per heavy atom. The molecule has 1 aliphatic heterocycles. The van der Waals surface area contributed by atoms with Crippen molar-refractivity contribution in [3.05, 3.63) is 29.8 Å². The number of para-hydroxylation sites is 1. The van der Waals surface area contributed by atoms with Crippen LogP contribution in [0.4, 0.5) is 0 Å². The average molecular weight is 378 g/mol. The Balaban J connectivity index is 2.10. The van der Waals surface area contributed by atoms with E-state index in [1.165, 1.54) is 7.11 Å². The summed E-state index contributed by atoms with van der Waals surface area (Å²) in [5.74, 6) is -1.32. The normalized spacial score (nSPS) is 18.1. The molecule has 1 aliphatic rings. The van der Waals surface area contributed by atoms with Crippen LogP contribution < -0.4 is 10.1 Å². The van der Waals surface area contributed by atoms with Gasteiger partial charge in [-0.15, -0.1) is 0 Å². The highest BCUT2D eigenvalue weighted by Crippen LogP contribution is 2.19. The molecule has 148 valence electrons. The molecule has 27 heavy (non-hydrogen) atoms. The summed E-state index contributed by atoms with van der Waals surface area (Å²) in [5, 5.41) is 11.7. The predicted molar refractivity (Wildman–Crippen MR) is 97.7 cm³/mol. The van der Waals surface area contributed by atoms with Crippen molar-refractivity contribution in [1.29, 1.82) is 0 Å². The van der Waals surface area contributed by atoms with Gasteiger partial charge in [0.25, 0.3) is 5.91 Å². The van der Waals surface area contributed by atoms with Gasteiger partial charge in [0.1, 0.15) is 11.8 Å². The standard InChI is InChI=1S/C19H26N2O6/c1-12(2)17(20-18(24)14-6-4-5-7-15(14)26-3)19(25)21-8-9-27-13(11-21)10-16(22)23/h4-7,12-13,17H,8-11H2,1-3H3,(H,20,24)(H,22,23). The monoisotopic (exact) mass is 378 g/mol. The maximum absolute atomic E-state index is 13.0. The van der Waals surface area contributed by atoms with Gasteiger partial charge >= 0.3 is 5.97 Å². The fourth-order valence-electron chi connectivity index (χ4n) is 3.00. The number of amides is 2. The number of carbonyl (C=O) groups is 3. The lowest BCUT2D eigenvalue weighted by Crippen LogP contribution is -2.55. The van der Waals surface area contributed by atoms with Gasteiger partial charge in [0.15, 0.2) is 0 Å². The minimum Gasteiger partial charge on any atom is -0.496 e. The second-order valence-electron chi connectivity index (χ2n) is 6.77. The summed E-state index contributed by atoms with van der Waals surface area (Å²) in [4.78, 5) is 38.1. The second-order valence-corrected chi connectivity index (χ2v) is 6.77. The number of morpholine rings is 1. The van der Waals surface area contributed by atoms with Crippen LogP contribution in [0.1, 0.15) is 30.6 Å². The van der Waals surface area contributed by atoms with E-state index in [2.05, 4.69) is 5.32 Å². The van der Waals surface area contributed by atoms with Crippen LogP contribution in [-0.2, 0) is 14.3 Å². The maximum Gasteiger partial charge on any atom is 0.306 e. The third-order valence-electron chi connectivity index (χ3n) is 4.42. The molecule has 1 aromatic carbocycles. The van der Waals surface area contributed by atoms with Gasteiger partial charge < -0.3 is 24.8 Å². The van der Waals surface area contributed by atoms with E-state index >= 15 is 0 Å². The van der Waals surface area contributed by atoms with Gasteiger partial charge in [-0.2, -0.15) is 0 Å². The molecule has 2 N–H and O–H groups in total. The van der Waals surface area contributed by atoms with Crippen molar-refractivity contribution in [2.24, 2.45) is 5.92 Å². The number of aliphatic carboxylic acids is 1. The van der Waals surface area contributed by atoms with Crippen LogP contribution in [0.25, 0.3) is 0 Å². The average Bonchev–Trinajstić information content (AvgIpc) is 2.64. The van der Waals surface area contributed by atoms with Crippen LogP contribution in [0.3, 0.4) is 0 Å². The summed E-state index contributed by atoms with van der Waals surface area (Å²) in [7, 11) is 1.48. The molecule has 0 aromatic heterocycles. The smallest absolute Gasteiger partial charge is 0.306 e. The maximum atomic E-state index is 13.0. The van der Waals surface area contributed by atoms with E-state index in [-0.39, 0.29) is 31.4 Å². The zero-order chi connectivity index (χ0) is 20.0. The first-order valence-corrected chi connectivity index (χ1v) is 8.89. The molecule has 2 amide bonds. The first-order valence-electron chi connectivity index (χ1n) is 8.89. The van der Waals surface area contributed by atoms with Crippen molar-refractivity contribution in [1.82, 2.24) is 10.2 Å². The Labute approximate surface area is 158 Å². The summed E-state index contributed by atoms with van der Waals surface area (Å²) in [6.45, 7) is 4.52. The summed E-state index contributed by atoms with van der Waals surface area (Å²) in [6.07, 6.45) is -0.707. The topological polar surface area (TPSA) is 105 Å². The van der Waals surface area contributed by atoms with Gasteiger partial charge in [-0.3, -0.25) is 14.4 Å². The molecular formula is C19H26N2O6. The van der Waals surface area contributed by atoms with Crippen molar-refractivity contribution in [2.45, 2.75) is 32.4 Å². The number of carboxylic acid groups (broad SMARTS) is 1. The van der Waals surface area contributed by atoms with Gasteiger partial charge in [-0.25, -0.2) is 0 Å². The first kappa shape index (κ1) is 20.7. The number of rotatable bonds is 7. The molecule has 0 saturated carbocycles. The molecule has 0 bridgehead atoms. The van der Waals surface area contributed by atoms with Crippen LogP contribution in [0.15, 0.2) is 24.3 Å². The number of hydrogen-bond acceptors (Lipinski definition) is 5. The number of hydrogen-bond donors (Lipinski definition) is 2. The van der Waals surface area contributed by atoms with Crippen molar-refractivity contribution in [3.63, 3.8) is 0 Å². The molecule has 2 unspecified atom stereocenters. The number of benzene rings is 1. The van der Waals surface area contributed by atoms with Crippen LogP contribution in [0, 0.1) is 5.92 Å². The number of carbonyl (C=O) groups excluding carboxylic acids is 2. The molecule has 1 heterocycles. The molecule has 2 atom stereocenters. The lowest BCUT2D eigenvalue weighted by molar-refractivity contribution is -0.149. The zero-order valence-electron chi connectivity index (χ0n) is 15.8. The predicted octanol–water partition coefficient (Wildman–Crippen LogP) is 1.15. The van der Waals surface area contributed by atoms with Crippen molar-refractivity contribution < 1.29 is 29.0 Å². The molecule has 1 fully saturated rings. The SMILES string of the molecule is COc1ccccc1C(=O)NC(C(=O)N1CCOC(CC(=O)O)C1)C(C)C. The lowest BCUT2D eigenvalue weighted by atomic mass is 10.0. The van der Waals surface area contributed by atoms with E-state index in [1.807, 2.05) is 13.8 Å². The largest absolute Gasteiger partial charge is 0.496 e. The highest BCUT2D eigenvalue weighted by Gasteiger charge is 2.33. The van der Waals surface area contributed by atoms with E-state index < -0.39 is 24.0 Å². The van der Waals surface area contributed by atoms with E-state index in [4.69, 9.17) is 14.6 Å². The van der Waals surface area contributed by atoms with E-state index in [0.717, 1.165) is 0 Å². The second kappa shape index (κ2) is 9.36. The third kappa shape index (κ3) is 5.43. The quantitative estimate of drug-likeness (QED) is 0.737. The minimum absolute atomic E-state index is 0.142. The highest BCUT2D eigenvalue weighted by molar-refractivity contribution is 5.99. The number of ether oxygens (including phenoxy) is 2. The van der Waals surface area contributed by atoms with E-state index in [1.54, 1.807) is 29.2 Å². The van der Waals surface area contributed by atoms with Crippen LogP contribution in [-0.4, -0.2) is 66.7 Å². The minimum atomic E-state index is -0.973. The summed E-state index contributed by atoms with van der Waals surface area (Å²) in [6, 6.07) is 6.07. The van der Waals surface area contributed by atoms with Gasteiger partial charge in [0.05, 0.1) is 31.8 Å². The van der Waals surface area contributed by atoms with Crippen molar-refractivity contribution in [3.8, 4) is 5.75 Å². The Kier molecular flexibility index (Phi) is 7.18. The van der Waals surface area contributed by atoms with Crippen LogP contribution in [0.2, 0.25) is 0 Å². The Morgan fingerprint density at radius 1 is 1.33 bits per heavy atom. The summed E-state index contributed by atoms with van der Waals surface area (Å²) in [5.41, 5.74) is 0.351. The fraction of sp³-hybridized carbons (Fsp3) is 0.526. The Bertz CT molecular complexity index is 691. The van der Waals surface area contributed by atoms with Gasteiger partial charge in [-0.1, -0.05) is 26.0 Å². The molecule has 2 rings (SSSR count). The molecule has 8 heteroatoms. The number of methoxy groups -OCH3 is 1. The van der Waals surface area contributed by atoms with Gasteiger partial charge in [0, 0.05) is 13.1 Å². The number of nitrogens with one attached hydrogen (secondary N) is 1. The van der Waals surface area contributed by atoms with Crippen molar-refractivity contribution in [2.75, 3.05) is 26.8 Å². The molecule has 0 aliphatic carbocycles. The molecule has 0 radical (unpaired) electrons. The Morgan fingerprint density at radius 3 is 2.67 bits per heavy atom. The fourth-order valence-corrected chi connectivity index (χ4v) is 3.00. The van der Waals surface area contributed by atoms with E-state index in [9.17, 15) is 14.4 Å². The van der Waals surface area contributed by atoms with Crippen LogP contribution >= 0.6 is 0 Å². The van der Waals surface area contributed by atoms with E-state index in [0.29, 0.717) is 17.9 Å². The molecule has 1 aromatic rings. The zero-order valence-corrected chi connectivity index (χ0v) is 15.8. The van der Waals surface area contributed by atoms with Gasteiger partial charge in [-0.05, 0) is 18.1 Å². The number of carboxylic acids is 1. The Hall–Kier alpha value is -2.61. The van der Waals surface area contributed by atoms with Crippen LogP contribution in [0.5, 0.6) is 5.75 Å². The lowest BCUT2D eigenvalue weighted by Gasteiger charge is -2.35. The third-order valence-corrected chi connectivity index (χ3v) is 4.42. The summed E-state index contributed by atoms with van der Waals surface area (Å²) >= 11 is 0. The van der Waals surface area contributed by atoms with Gasteiger partial charge in [0.2, 0.25) is 5.91 Å². The molecule has 8 nitrogen and oxygen atoms in total. The molecule has 1 saturated heterocycles. The molecular weight excluding hydrogens is 352 g/mol. The summed E-state index contributed by atoms with van der Waals surface area (Å²) < 4.78 is 10.6. The number of nitrogens with zero attached hydrogens (tertiary/aromatic N) is 1. The molecule has 0 spiro atoms. The first-order chi connectivity index (χ1) is 12.8. The van der Waals surface area contributed by atoms with Crippen molar-refractivity contribution >= 4 is 17.8 Å². The highest BCUT2D eigenvalue weighted by atomic mass is 16.5.